The standard InChI is InChI=1S/C12H10N/c1-10-4-2-3-5-12(10)11-6-8-13-9-7-11/h2-9H,1H2. The average Bonchev–Trinajstić information content (AvgIpc) is 2.20. The highest BCUT2D eigenvalue weighted by atomic mass is 14.6. The minimum atomic E-state index is 1.05. The second kappa shape index (κ2) is 3.40. The molecule has 1 heterocycles. The average molecular weight is 168 g/mol. The van der Waals surface area contributed by atoms with Crippen molar-refractivity contribution in [3.8, 4) is 11.1 Å². The van der Waals surface area contributed by atoms with Crippen LogP contribution < -0.4 is 0 Å². The molecule has 63 valence electrons. The Morgan fingerprint density at radius 1 is 0.923 bits per heavy atom. The van der Waals surface area contributed by atoms with Crippen molar-refractivity contribution in [3.63, 3.8) is 0 Å². The van der Waals surface area contributed by atoms with Gasteiger partial charge in [-0.1, -0.05) is 24.3 Å². The summed E-state index contributed by atoms with van der Waals surface area (Å²) in [7, 11) is 0. The summed E-state index contributed by atoms with van der Waals surface area (Å²) in [6.07, 6.45) is 3.59. The molecule has 0 aliphatic heterocycles. The summed E-state index contributed by atoms with van der Waals surface area (Å²) in [5, 5.41) is 0. The largest absolute Gasteiger partial charge is 0.265 e. The third-order valence-electron chi connectivity index (χ3n) is 2.01. The monoisotopic (exact) mass is 168 g/mol. The second-order valence-corrected chi connectivity index (χ2v) is 2.89. The van der Waals surface area contributed by atoms with E-state index in [0.29, 0.717) is 0 Å². The summed E-state index contributed by atoms with van der Waals surface area (Å²) in [5.41, 5.74) is 3.39. The minimum absolute atomic E-state index is 1.05. The van der Waals surface area contributed by atoms with Crippen LogP contribution in [0.4, 0.5) is 0 Å². The Hall–Kier alpha value is -1.63. The van der Waals surface area contributed by atoms with E-state index in [9.17, 15) is 0 Å². The normalized spacial score (nSPS) is 9.92. The van der Waals surface area contributed by atoms with Gasteiger partial charge in [0.1, 0.15) is 0 Å². The smallest absolute Gasteiger partial charge is 0.0273 e. The first kappa shape index (κ1) is 7.99. The quantitative estimate of drug-likeness (QED) is 0.638. The van der Waals surface area contributed by atoms with Crippen LogP contribution in [0.1, 0.15) is 5.56 Å². The first-order chi connectivity index (χ1) is 6.38. The van der Waals surface area contributed by atoms with Gasteiger partial charge in [0, 0.05) is 12.4 Å². The SMILES string of the molecule is [CH2]c1ccccc1-c1ccncc1. The molecule has 13 heavy (non-hydrogen) atoms. The molecule has 1 heteroatoms. The Balaban J connectivity index is 2.54. The molecule has 0 aliphatic carbocycles. The molecule has 0 spiro atoms. The highest BCUT2D eigenvalue weighted by molar-refractivity contribution is 5.67. The van der Waals surface area contributed by atoms with E-state index in [1.165, 1.54) is 11.1 Å². The van der Waals surface area contributed by atoms with E-state index < -0.39 is 0 Å². The molecule has 0 fully saturated rings. The summed E-state index contributed by atoms with van der Waals surface area (Å²) in [5.74, 6) is 0. The van der Waals surface area contributed by atoms with Gasteiger partial charge < -0.3 is 0 Å². The number of hydrogen-bond acceptors (Lipinski definition) is 1. The Morgan fingerprint density at radius 2 is 1.62 bits per heavy atom. The Labute approximate surface area is 78.1 Å². The zero-order chi connectivity index (χ0) is 9.10. The van der Waals surface area contributed by atoms with E-state index >= 15 is 0 Å². The predicted octanol–water partition coefficient (Wildman–Crippen LogP) is 2.93. The van der Waals surface area contributed by atoms with Gasteiger partial charge in [-0.05, 0) is 35.7 Å². The van der Waals surface area contributed by atoms with Gasteiger partial charge in [0.25, 0.3) is 0 Å². The summed E-state index contributed by atoms with van der Waals surface area (Å²) in [4.78, 5) is 3.98. The molecule has 0 atom stereocenters. The van der Waals surface area contributed by atoms with Gasteiger partial charge in [-0.15, -0.1) is 0 Å². The summed E-state index contributed by atoms with van der Waals surface area (Å²) in [6, 6.07) is 12.1. The molecule has 1 radical (unpaired) electrons. The highest BCUT2D eigenvalue weighted by Gasteiger charge is 1.98. The molecule has 2 rings (SSSR count). The molecule has 0 saturated carbocycles. The molecule has 0 amide bonds. The van der Waals surface area contributed by atoms with Crippen LogP contribution in [0.15, 0.2) is 48.8 Å². The Morgan fingerprint density at radius 3 is 2.31 bits per heavy atom. The molecule has 0 unspecified atom stereocenters. The molecule has 2 aromatic rings. The molecule has 0 aliphatic rings. The van der Waals surface area contributed by atoms with Crippen LogP contribution in [0.5, 0.6) is 0 Å². The maximum atomic E-state index is 3.98. The molecule has 1 nitrogen and oxygen atoms in total. The van der Waals surface area contributed by atoms with E-state index in [0.717, 1.165) is 5.56 Å². The third-order valence-corrected chi connectivity index (χ3v) is 2.01. The fraction of sp³-hybridized carbons (Fsp3) is 0. The number of hydrogen-bond donors (Lipinski definition) is 0. The fourth-order valence-electron chi connectivity index (χ4n) is 1.33. The third kappa shape index (κ3) is 1.59. The number of aromatic nitrogens is 1. The van der Waals surface area contributed by atoms with Gasteiger partial charge in [0.15, 0.2) is 0 Å². The predicted molar refractivity (Wildman–Crippen MR) is 54.1 cm³/mol. The van der Waals surface area contributed by atoms with Gasteiger partial charge in [-0.2, -0.15) is 0 Å². The summed E-state index contributed by atoms with van der Waals surface area (Å²) in [6.45, 7) is 3.98. The van der Waals surface area contributed by atoms with Crippen molar-refractivity contribution in [2.45, 2.75) is 0 Å². The zero-order valence-corrected chi connectivity index (χ0v) is 7.27. The van der Waals surface area contributed by atoms with Gasteiger partial charge in [-0.25, -0.2) is 0 Å². The zero-order valence-electron chi connectivity index (χ0n) is 7.27. The lowest BCUT2D eigenvalue weighted by atomic mass is 10.0. The first-order valence-corrected chi connectivity index (χ1v) is 4.19. The second-order valence-electron chi connectivity index (χ2n) is 2.89. The van der Waals surface area contributed by atoms with Crippen molar-refractivity contribution in [3.05, 3.63) is 61.3 Å². The molecule has 0 N–H and O–H groups in total. The fourth-order valence-corrected chi connectivity index (χ4v) is 1.33. The van der Waals surface area contributed by atoms with Crippen molar-refractivity contribution < 1.29 is 0 Å². The van der Waals surface area contributed by atoms with Crippen LogP contribution in [0.25, 0.3) is 11.1 Å². The summed E-state index contributed by atoms with van der Waals surface area (Å²) >= 11 is 0. The van der Waals surface area contributed by atoms with E-state index in [4.69, 9.17) is 0 Å². The Kier molecular flexibility index (Phi) is 2.09. The lowest BCUT2D eigenvalue weighted by molar-refractivity contribution is 1.33. The number of benzene rings is 1. The van der Waals surface area contributed by atoms with Crippen LogP contribution in [0, 0.1) is 6.92 Å². The van der Waals surface area contributed by atoms with E-state index in [-0.39, 0.29) is 0 Å². The van der Waals surface area contributed by atoms with Crippen molar-refractivity contribution >= 4 is 0 Å². The minimum Gasteiger partial charge on any atom is -0.265 e. The number of rotatable bonds is 1. The van der Waals surface area contributed by atoms with Crippen LogP contribution >= 0.6 is 0 Å². The molecule has 1 aromatic heterocycles. The number of nitrogens with zero attached hydrogens (tertiary/aromatic N) is 1. The molecular weight excluding hydrogens is 158 g/mol. The first-order valence-electron chi connectivity index (χ1n) is 4.19. The van der Waals surface area contributed by atoms with Crippen molar-refractivity contribution in [2.75, 3.05) is 0 Å². The Bertz CT molecular complexity index is 393. The highest BCUT2D eigenvalue weighted by Crippen LogP contribution is 2.21. The van der Waals surface area contributed by atoms with Crippen LogP contribution in [0.2, 0.25) is 0 Å². The van der Waals surface area contributed by atoms with Gasteiger partial charge >= 0.3 is 0 Å². The molecule has 0 saturated heterocycles. The van der Waals surface area contributed by atoms with E-state index in [1.54, 1.807) is 12.4 Å². The molecule has 1 aromatic carbocycles. The van der Waals surface area contributed by atoms with Crippen molar-refractivity contribution in [1.82, 2.24) is 4.98 Å². The lowest BCUT2D eigenvalue weighted by Crippen LogP contribution is -1.81. The van der Waals surface area contributed by atoms with Crippen LogP contribution in [-0.4, -0.2) is 4.98 Å². The van der Waals surface area contributed by atoms with Crippen molar-refractivity contribution in [2.24, 2.45) is 0 Å². The van der Waals surface area contributed by atoms with E-state index in [1.807, 2.05) is 30.3 Å². The maximum absolute atomic E-state index is 3.98. The van der Waals surface area contributed by atoms with Crippen LogP contribution in [-0.2, 0) is 0 Å². The van der Waals surface area contributed by atoms with E-state index in [2.05, 4.69) is 18.0 Å². The lowest BCUT2D eigenvalue weighted by Gasteiger charge is -2.03. The molecular formula is C12H10N. The maximum Gasteiger partial charge on any atom is 0.0273 e. The van der Waals surface area contributed by atoms with Crippen LogP contribution in [0.3, 0.4) is 0 Å². The molecule has 0 bridgehead atoms. The topological polar surface area (TPSA) is 12.9 Å². The van der Waals surface area contributed by atoms with Crippen molar-refractivity contribution in [1.29, 1.82) is 0 Å². The van der Waals surface area contributed by atoms with Gasteiger partial charge in [-0.3, -0.25) is 4.98 Å². The van der Waals surface area contributed by atoms with Gasteiger partial charge in [0.05, 0.1) is 0 Å². The van der Waals surface area contributed by atoms with Gasteiger partial charge in [0.2, 0.25) is 0 Å². The summed E-state index contributed by atoms with van der Waals surface area (Å²) < 4.78 is 0. The number of pyridine rings is 1.